The van der Waals surface area contributed by atoms with E-state index in [2.05, 4.69) is 25.9 Å². The Balaban J connectivity index is 2.13. The topological polar surface area (TPSA) is 106 Å². The number of hydrogen-bond donors (Lipinski definition) is 2. The van der Waals surface area contributed by atoms with Crippen molar-refractivity contribution in [2.45, 2.75) is 18.6 Å². The first-order valence-electron chi connectivity index (χ1n) is 7.71. The van der Waals surface area contributed by atoms with Gasteiger partial charge in [-0.3, -0.25) is 4.79 Å². The van der Waals surface area contributed by atoms with Crippen LogP contribution in [0, 0.1) is 5.82 Å². The third kappa shape index (κ3) is 3.29. The summed E-state index contributed by atoms with van der Waals surface area (Å²) in [4.78, 5) is 19.9. The molecule has 1 unspecified atom stereocenters. The van der Waals surface area contributed by atoms with Gasteiger partial charge in [-0.25, -0.2) is 22.9 Å². The fraction of sp³-hybridized carbons (Fsp3) is 0.176. The summed E-state index contributed by atoms with van der Waals surface area (Å²) >= 11 is 3.29. The molecule has 9 heteroatoms. The van der Waals surface area contributed by atoms with Crippen molar-refractivity contribution in [1.82, 2.24) is 9.97 Å². The maximum atomic E-state index is 15.0. The predicted octanol–water partition coefficient (Wildman–Crippen LogP) is 3.44. The monoisotopic (exact) mass is 439 g/mol. The Kier molecular flexibility index (Phi) is 4.96. The average Bonchev–Trinajstić information content (AvgIpc) is 2.98. The summed E-state index contributed by atoms with van der Waals surface area (Å²) in [5, 5.41) is 4.53. The quantitative estimate of drug-likeness (QED) is 0.593. The minimum atomic E-state index is -4.00. The molecule has 26 heavy (non-hydrogen) atoms. The van der Waals surface area contributed by atoms with E-state index in [4.69, 9.17) is 5.14 Å². The van der Waals surface area contributed by atoms with Crippen LogP contribution in [-0.2, 0) is 10.0 Å². The zero-order valence-corrected chi connectivity index (χ0v) is 16.1. The van der Waals surface area contributed by atoms with Crippen molar-refractivity contribution in [2.24, 2.45) is 5.14 Å². The Hall–Kier alpha value is -2.10. The van der Waals surface area contributed by atoms with Crippen LogP contribution in [0.5, 0.6) is 0 Å². The Morgan fingerprint density at radius 1 is 1.38 bits per heavy atom. The van der Waals surface area contributed by atoms with E-state index in [0.717, 1.165) is 0 Å². The highest BCUT2D eigenvalue weighted by Gasteiger charge is 2.28. The molecule has 0 aliphatic rings. The molecule has 1 atom stereocenters. The van der Waals surface area contributed by atoms with Gasteiger partial charge in [0, 0.05) is 33.4 Å². The lowest BCUT2D eigenvalue weighted by Crippen LogP contribution is -2.22. The van der Waals surface area contributed by atoms with E-state index in [9.17, 15) is 17.6 Å². The van der Waals surface area contributed by atoms with Crippen LogP contribution in [0.4, 0.5) is 4.39 Å². The van der Waals surface area contributed by atoms with Crippen LogP contribution in [0.1, 0.15) is 40.1 Å². The van der Waals surface area contributed by atoms with Gasteiger partial charge in [-0.2, -0.15) is 0 Å². The maximum Gasteiger partial charge on any atom is 0.216 e. The molecule has 2 heterocycles. The second kappa shape index (κ2) is 6.90. The second-order valence-corrected chi connectivity index (χ2v) is 8.44. The van der Waals surface area contributed by atoms with Gasteiger partial charge < -0.3 is 4.98 Å². The van der Waals surface area contributed by atoms with Gasteiger partial charge in [0.25, 0.3) is 0 Å². The molecule has 0 saturated heterocycles. The van der Waals surface area contributed by atoms with Crippen molar-refractivity contribution in [3.63, 3.8) is 0 Å². The molecule has 0 aliphatic carbocycles. The van der Waals surface area contributed by atoms with E-state index in [1.807, 2.05) is 0 Å². The predicted molar refractivity (Wildman–Crippen MR) is 99.8 cm³/mol. The maximum absolute atomic E-state index is 15.0. The summed E-state index contributed by atoms with van der Waals surface area (Å²) < 4.78 is 39.1. The van der Waals surface area contributed by atoms with Gasteiger partial charge in [0.1, 0.15) is 16.7 Å². The van der Waals surface area contributed by atoms with Gasteiger partial charge in [0.05, 0.1) is 5.56 Å². The van der Waals surface area contributed by atoms with Gasteiger partial charge in [-0.05, 0) is 34.5 Å². The summed E-state index contributed by atoms with van der Waals surface area (Å²) in [5.74, 6) is -1.45. The molecule has 2 aromatic heterocycles. The number of nitrogens with one attached hydrogen (secondary N) is 1. The number of rotatable bonds is 5. The van der Waals surface area contributed by atoms with Crippen molar-refractivity contribution >= 4 is 42.8 Å². The number of nitrogens with zero attached hydrogens (tertiary/aromatic N) is 1. The largest absolute Gasteiger partial charge is 0.345 e. The number of benzene rings is 1. The summed E-state index contributed by atoms with van der Waals surface area (Å²) in [6.07, 6.45) is 3.12. The van der Waals surface area contributed by atoms with Crippen molar-refractivity contribution in [3.05, 3.63) is 63.6 Å². The van der Waals surface area contributed by atoms with Crippen molar-refractivity contribution in [3.8, 4) is 0 Å². The smallest absolute Gasteiger partial charge is 0.216 e. The lowest BCUT2D eigenvalue weighted by Gasteiger charge is -2.15. The first kappa shape index (κ1) is 18.7. The van der Waals surface area contributed by atoms with E-state index >= 15 is 0 Å². The summed E-state index contributed by atoms with van der Waals surface area (Å²) in [6, 6.07) is 5.80. The first-order chi connectivity index (χ1) is 12.2. The van der Waals surface area contributed by atoms with E-state index in [1.54, 1.807) is 19.2 Å². The van der Waals surface area contributed by atoms with Crippen LogP contribution in [0.15, 0.2) is 41.1 Å². The van der Waals surface area contributed by atoms with Crippen LogP contribution >= 0.6 is 15.9 Å². The Morgan fingerprint density at radius 2 is 2.12 bits per heavy atom. The second-order valence-electron chi connectivity index (χ2n) is 5.78. The fourth-order valence-electron chi connectivity index (χ4n) is 2.91. The number of carbonyl (C=O) groups excluding carboxylic acids is 1. The number of aromatic nitrogens is 2. The van der Waals surface area contributed by atoms with Crippen molar-refractivity contribution in [2.75, 3.05) is 0 Å². The Labute approximate surface area is 157 Å². The molecule has 0 aliphatic heterocycles. The molecule has 136 valence electrons. The molecule has 3 aromatic rings. The Bertz CT molecular complexity index is 1110. The highest BCUT2D eigenvalue weighted by Crippen LogP contribution is 2.30. The van der Waals surface area contributed by atoms with Gasteiger partial charge >= 0.3 is 0 Å². The van der Waals surface area contributed by atoms with Crippen LogP contribution < -0.4 is 5.14 Å². The third-order valence-electron chi connectivity index (χ3n) is 4.13. The van der Waals surface area contributed by atoms with Crippen LogP contribution in [-0.4, -0.2) is 24.2 Å². The summed E-state index contributed by atoms with van der Waals surface area (Å²) in [7, 11) is -4.00. The van der Waals surface area contributed by atoms with Gasteiger partial charge in [-0.15, -0.1) is 0 Å². The lowest BCUT2D eigenvalue weighted by atomic mass is 9.98. The number of H-pyrrole nitrogens is 1. The molecule has 1 aromatic carbocycles. The highest BCUT2D eigenvalue weighted by atomic mass is 79.9. The molecule has 0 fully saturated rings. The molecular weight excluding hydrogens is 425 g/mol. The van der Waals surface area contributed by atoms with Gasteiger partial charge in [0.2, 0.25) is 10.0 Å². The number of sulfonamides is 1. The molecule has 3 N–H and O–H groups in total. The Morgan fingerprint density at radius 3 is 2.77 bits per heavy atom. The van der Waals surface area contributed by atoms with E-state index in [0.29, 0.717) is 15.5 Å². The first-order valence-corrected chi connectivity index (χ1v) is 10.1. The molecule has 0 saturated carbocycles. The normalized spacial score (nSPS) is 13.1. The lowest BCUT2D eigenvalue weighted by molar-refractivity contribution is 0.103. The summed E-state index contributed by atoms with van der Waals surface area (Å²) in [6.45, 7) is 1.59. The number of aromatic amines is 1. The highest BCUT2D eigenvalue weighted by molar-refractivity contribution is 9.10. The standard InChI is InChI=1S/C17H15BrFN3O3S/c1-2-14(26(20,24)25)10-4-3-5-11(15(10)19)16(23)13-8-22-17-12(13)6-9(18)7-21-17/h3-8,14H,2H2,1H3,(H,21,22)(H2,20,24,25). The molecule has 0 spiro atoms. The number of pyridine rings is 1. The molecule has 3 rings (SSSR count). The zero-order valence-electron chi connectivity index (χ0n) is 13.7. The summed E-state index contributed by atoms with van der Waals surface area (Å²) in [5.41, 5.74) is 0.406. The molecular formula is C17H15BrFN3O3S. The zero-order chi connectivity index (χ0) is 19.1. The van der Waals surface area contributed by atoms with Crippen LogP contribution in [0.25, 0.3) is 11.0 Å². The number of primary sulfonamides is 1. The molecule has 0 radical (unpaired) electrons. The van der Waals surface area contributed by atoms with E-state index in [1.165, 1.54) is 24.4 Å². The van der Waals surface area contributed by atoms with E-state index in [-0.39, 0.29) is 23.1 Å². The molecule has 0 amide bonds. The number of fused-ring (bicyclic) bond motifs is 1. The van der Waals surface area contributed by atoms with Gasteiger partial charge in [-0.1, -0.05) is 19.1 Å². The number of nitrogens with two attached hydrogens (primary N) is 1. The number of halogens is 2. The number of ketones is 1. The fourth-order valence-corrected chi connectivity index (χ4v) is 4.25. The minimum Gasteiger partial charge on any atom is -0.345 e. The van der Waals surface area contributed by atoms with Crippen molar-refractivity contribution in [1.29, 1.82) is 0 Å². The molecule has 6 nitrogen and oxygen atoms in total. The molecule has 0 bridgehead atoms. The van der Waals surface area contributed by atoms with Crippen LogP contribution in [0.3, 0.4) is 0 Å². The van der Waals surface area contributed by atoms with Crippen molar-refractivity contribution < 1.29 is 17.6 Å². The van der Waals surface area contributed by atoms with Gasteiger partial charge in [0.15, 0.2) is 5.78 Å². The SMILES string of the molecule is CCC(c1cccc(C(=O)c2c[nH]c3ncc(Br)cc23)c1F)S(N)(=O)=O. The van der Waals surface area contributed by atoms with Crippen LogP contribution in [0.2, 0.25) is 0 Å². The number of hydrogen-bond acceptors (Lipinski definition) is 4. The third-order valence-corrected chi connectivity index (χ3v) is 5.94. The minimum absolute atomic E-state index is 0.0946. The van der Waals surface area contributed by atoms with E-state index < -0.39 is 26.9 Å². The number of carbonyl (C=O) groups is 1. The average molecular weight is 440 g/mol.